The van der Waals surface area contributed by atoms with Gasteiger partial charge in [0.1, 0.15) is 5.75 Å². The Morgan fingerprint density at radius 2 is 2.00 bits per heavy atom. The Labute approximate surface area is 115 Å². The number of hydrogen-bond donors (Lipinski definition) is 3. The number of benzene rings is 1. The molecule has 4 nitrogen and oxygen atoms in total. The van der Waals surface area contributed by atoms with Crippen molar-refractivity contribution in [3.05, 3.63) is 24.8 Å². The second kappa shape index (κ2) is 5.73. The third-order valence-electron chi connectivity index (χ3n) is 1.78. The molecule has 0 unspecified atom stereocenters. The summed E-state index contributed by atoms with van der Waals surface area (Å²) in [4.78, 5) is 3.88. The van der Waals surface area contributed by atoms with Crippen LogP contribution in [0.4, 0.5) is 0 Å². The predicted molar refractivity (Wildman–Crippen MR) is 77.9 cm³/mol. The van der Waals surface area contributed by atoms with E-state index in [-0.39, 0.29) is 5.96 Å². The predicted octanol–water partition coefficient (Wildman–Crippen LogP) is 1.42. The minimum atomic E-state index is 0.0785. The monoisotopic (exact) mass is 431 g/mol. The van der Waals surface area contributed by atoms with Crippen LogP contribution in [0.1, 0.15) is 5.56 Å². The van der Waals surface area contributed by atoms with Gasteiger partial charge in [-0.15, -0.1) is 0 Å². The summed E-state index contributed by atoms with van der Waals surface area (Å²) in [7, 11) is 0. The number of phenols is 1. The first-order chi connectivity index (χ1) is 7.00. The molecule has 5 N–H and O–H groups in total. The Kier molecular flexibility index (Phi) is 4.90. The highest BCUT2D eigenvalue weighted by molar-refractivity contribution is 14.1. The number of guanidine groups is 1. The average Bonchev–Trinajstić information content (AvgIpc) is 2.12. The minimum Gasteiger partial charge on any atom is -0.507 e. The van der Waals surface area contributed by atoms with Crippen LogP contribution >= 0.6 is 45.2 Å². The second-order valence-electron chi connectivity index (χ2n) is 2.95. The van der Waals surface area contributed by atoms with Crippen molar-refractivity contribution >= 4 is 51.1 Å². The fraction of sp³-hybridized carbons (Fsp3) is 0.222. The Morgan fingerprint density at radius 3 is 2.60 bits per heavy atom. The van der Waals surface area contributed by atoms with Gasteiger partial charge in [0.25, 0.3) is 0 Å². The summed E-state index contributed by atoms with van der Waals surface area (Å²) in [6, 6.07) is 3.85. The number of hydrogen-bond acceptors (Lipinski definition) is 2. The van der Waals surface area contributed by atoms with E-state index in [0.29, 0.717) is 18.7 Å². The van der Waals surface area contributed by atoms with E-state index in [1.54, 1.807) is 0 Å². The molecule has 0 bridgehead atoms. The molecule has 0 spiro atoms. The molecule has 0 aliphatic carbocycles. The van der Waals surface area contributed by atoms with E-state index < -0.39 is 0 Å². The Bertz CT molecular complexity index is 389. The summed E-state index contributed by atoms with van der Waals surface area (Å²) < 4.78 is 1.94. The zero-order valence-corrected chi connectivity index (χ0v) is 12.2. The van der Waals surface area contributed by atoms with Crippen molar-refractivity contribution in [2.24, 2.45) is 16.5 Å². The highest BCUT2D eigenvalue weighted by atomic mass is 127. The third kappa shape index (κ3) is 4.01. The summed E-state index contributed by atoms with van der Waals surface area (Å²) in [6.45, 7) is 0.492. The summed E-state index contributed by atoms with van der Waals surface area (Å²) in [5, 5.41) is 9.77. The first-order valence-corrected chi connectivity index (χ1v) is 6.38. The molecular weight excluding hydrogens is 420 g/mol. The number of nitrogens with zero attached hydrogens (tertiary/aromatic N) is 1. The highest BCUT2D eigenvalue weighted by Gasteiger charge is 2.06. The van der Waals surface area contributed by atoms with Crippen LogP contribution in [0.2, 0.25) is 0 Å². The summed E-state index contributed by atoms with van der Waals surface area (Å²) in [6.07, 6.45) is 0.635. The lowest BCUT2D eigenvalue weighted by molar-refractivity contribution is 0.464. The Balaban J connectivity index is 2.81. The number of phenolic OH excluding ortho intramolecular Hbond substituents is 1. The molecule has 0 atom stereocenters. The molecular formula is C9H11I2N3O. The van der Waals surface area contributed by atoms with Crippen LogP contribution in [0, 0.1) is 7.14 Å². The lowest BCUT2D eigenvalue weighted by atomic mass is 10.1. The molecule has 0 saturated carbocycles. The van der Waals surface area contributed by atoms with Gasteiger partial charge in [0, 0.05) is 10.1 Å². The van der Waals surface area contributed by atoms with E-state index in [2.05, 4.69) is 50.2 Å². The molecule has 1 aromatic carbocycles. The first-order valence-electron chi connectivity index (χ1n) is 4.23. The van der Waals surface area contributed by atoms with Crippen LogP contribution in [0.3, 0.4) is 0 Å². The van der Waals surface area contributed by atoms with Gasteiger partial charge in [-0.1, -0.05) is 0 Å². The second-order valence-corrected chi connectivity index (χ2v) is 5.36. The summed E-state index contributed by atoms with van der Waals surface area (Å²) >= 11 is 4.31. The molecule has 1 aromatic rings. The average molecular weight is 431 g/mol. The third-order valence-corrected chi connectivity index (χ3v) is 3.23. The van der Waals surface area contributed by atoms with Crippen LogP contribution in [0.5, 0.6) is 5.75 Å². The smallest absolute Gasteiger partial charge is 0.185 e. The molecule has 0 radical (unpaired) electrons. The van der Waals surface area contributed by atoms with Gasteiger partial charge in [0.2, 0.25) is 0 Å². The van der Waals surface area contributed by atoms with Gasteiger partial charge in [-0.3, -0.25) is 4.99 Å². The lowest BCUT2D eigenvalue weighted by Crippen LogP contribution is -2.23. The minimum absolute atomic E-state index is 0.0785. The van der Waals surface area contributed by atoms with Crippen molar-refractivity contribution in [3.63, 3.8) is 0 Å². The van der Waals surface area contributed by atoms with Gasteiger partial charge in [0.05, 0.1) is 3.57 Å². The van der Waals surface area contributed by atoms with Gasteiger partial charge < -0.3 is 16.6 Å². The maximum absolute atomic E-state index is 9.77. The van der Waals surface area contributed by atoms with Crippen molar-refractivity contribution in [3.8, 4) is 5.75 Å². The van der Waals surface area contributed by atoms with Gasteiger partial charge in [-0.2, -0.15) is 0 Å². The maximum Gasteiger partial charge on any atom is 0.185 e. The number of aliphatic imine (C=N–C) groups is 1. The zero-order chi connectivity index (χ0) is 11.4. The lowest BCUT2D eigenvalue weighted by Gasteiger charge is -2.06. The van der Waals surface area contributed by atoms with Crippen molar-refractivity contribution in [1.82, 2.24) is 0 Å². The van der Waals surface area contributed by atoms with E-state index >= 15 is 0 Å². The van der Waals surface area contributed by atoms with E-state index in [1.807, 2.05) is 12.1 Å². The van der Waals surface area contributed by atoms with Gasteiger partial charge in [-0.05, 0) is 69.3 Å². The maximum atomic E-state index is 9.77. The summed E-state index contributed by atoms with van der Waals surface area (Å²) in [5.74, 6) is 0.400. The molecule has 0 saturated heterocycles. The van der Waals surface area contributed by atoms with E-state index in [9.17, 15) is 5.11 Å². The molecule has 15 heavy (non-hydrogen) atoms. The molecule has 0 heterocycles. The van der Waals surface area contributed by atoms with E-state index in [0.717, 1.165) is 12.7 Å². The fourth-order valence-electron chi connectivity index (χ4n) is 1.12. The standard InChI is InChI=1S/C9H11I2N3O/c10-6-3-5(1-2-14-9(12)13)8(15)7(11)4-6/h3-4,15H,1-2H2,(H4,12,13,14). The van der Waals surface area contributed by atoms with Crippen molar-refractivity contribution in [2.45, 2.75) is 6.42 Å². The number of halogens is 2. The number of aromatic hydroxyl groups is 1. The molecule has 0 fully saturated rings. The quantitative estimate of drug-likeness (QED) is 0.385. The SMILES string of the molecule is NC(N)=NCCc1cc(I)cc(I)c1O. The first kappa shape index (κ1) is 12.8. The molecule has 0 aliphatic heterocycles. The van der Waals surface area contributed by atoms with Crippen molar-refractivity contribution in [1.29, 1.82) is 0 Å². The van der Waals surface area contributed by atoms with Crippen molar-refractivity contribution in [2.75, 3.05) is 6.54 Å². The van der Waals surface area contributed by atoms with Gasteiger partial charge in [0.15, 0.2) is 5.96 Å². The zero-order valence-electron chi connectivity index (χ0n) is 7.87. The Hall–Kier alpha value is -0.250. The topological polar surface area (TPSA) is 84.6 Å². The Morgan fingerprint density at radius 1 is 1.33 bits per heavy atom. The fourth-order valence-corrected chi connectivity index (χ4v) is 3.08. The molecule has 0 aromatic heterocycles. The van der Waals surface area contributed by atoms with Crippen LogP contribution in [-0.2, 0) is 6.42 Å². The van der Waals surface area contributed by atoms with Crippen molar-refractivity contribution < 1.29 is 5.11 Å². The molecule has 82 valence electrons. The van der Waals surface area contributed by atoms with Gasteiger partial charge in [-0.25, -0.2) is 0 Å². The normalized spacial score (nSPS) is 10.0. The summed E-state index contributed by atoms with van der Waals surface area (Å²) in [5.41, 5.74) is 11.3. The molecule has 1 rings (SSSR count). The largest absolute Gasteiger partial charge is 0.507 e. The highest BCUT2D eigenvalue weighted by Crippen LogP contribution is 2.27. The van der Waals surface area contributed by atoms with Crippen LogP contribution in [-0.4, -0.2) is 17.6 Å². The van der Waals surface area contributed by atoms with E-state index in [1.165, 1.54) is 0 Å². The molecule has 0 amide bonds. The van der Waals surface area contributed by atoms with Crippen LogP contribution in [0.25, 0.3) is 0 Å². The van der Waals surface area contributed by atoms with Crippen LogP contribution in [0.15, 0.2) is 17.1 Å². The van der Waals surface area contributed by atoms with E-state index in [4.69, 9.17) is 11.5 Å². The number of rotatable bonds is 3. The van der Waals surface area contributed by atoms with Gasteiger partial charge >= 0.3 is 0 Å². The molecule has 6 heteroatoms. The van der Waals surface area contributed by atoms with Crippen LogP contribution < -0.4 is 11.5 Å². The number of nitrogens with two attached hydrogens (primary N) is 2. The molecule has 0 aliphatic rings.